The Hall–Kier alpha value is -2.14. The summed E-state index contributed by atoms with van der Waals surface area (Å²) in [6.45, 7) is 0. The third-order valence-electron chi connectivity index (χ3n) is 3.93. The topological polar surface area (TPSA) is 72.2 Å². The minimum Gasteiger partial charge on any atom is -0.365 e. The molecule has 0 aliphatic heterocycles. The molecule has 0 fully saturated rings. The van der Waals surface area contributed by atoms with Gasteiger partial charge in [-0.3, -0.25) is 9.59 Å². The summed E-state index contributed by atoms with van der Waals surface area (Å²) in [5.41, 5.74) is 7.68. The first-order valence-corrected chi connectivity index (χ1v) is 8.29. The Balaban J connectivity index is 1.94. The van der Waals surface area contributed by atoms with Gasteiger partial charge in [-0.15, -0.1) is 11.3 Å². The van der Waals surface area contributed by atoms with Gasteiger partial charge in [-0.05, 0) is 43.4 Å². The Morgan fingerprint density at radius 1 is 1.05 bits per heavy atom. The van der Waals surface area contributed by atoms with Gasteiger partial charge >= 0.3 is 0 Å². The normalized spacial score (nSPS) is 14.0. The van der Waals surface area contributed by atoms with Crippen LogP contribution in [-0.4, -0.2) is 11.8 Å². The second-order valence-electron chi connectivity index (χ2n) is 5.45. The van der Waals surface area contributed by atoms with Crippen molar-refractivity contribution in [2.24, 2.45) is 5.73 Å². The van der Waals surface area contributed by atoms with Crippen molar-refractivity contribution < 1.29 is 9.59 Å². The van der Waals surface area contributed by atoms with Crippen LogP contribution in [-0.2, 0) is 12.8 Å². The van der Waals surface area contributed by atoms with Gasteiger partial charge in [0.1, 0.15) is 5.00 Å². The minimum atomic E-state index is -0.456. The molecule has 0 spiro atoms. The van der Waals surface area contributed by atoms with Crippen molar-refractivity contribution >= 4 is 28.2 Å². The van der Waals surface area contributed by atoms with Crippen LogP contribution in [0.1, 0.15) is 50.4 Å². The van der Waals surface area contributed by atoms with E-state index in [0.29, 0.717) is 16.1 Å². The van der Waals surface area contributed by atoms with Crippen molar-refractivity contribution in [1.82, 2.24) is 0 Å². The molecule has 114 valence electrons. The average molecular weight is 314 g/mol. The highest BCUT2D eigenvalue weighted by Gasteiger charge is 2.24. The summed E-state index contributed by atoms with van der Waals surface area (Å²) in [4.78, 5) is 25.4. The van der Waals surface area contributed by atoms with Gasteiger partial charge in [-0.25, -0.2) is 0 Å². The van der Waals surface area contributed by atoms with Gasteiger partial charge in [0.15, 0.2) is 0 Å². The Bertz CT molecular complexity index is 707. The number of benzene rings is 1. The summed E-state index contributed by atoms with van der Waals surface area (Å²) in [6.07, 6.45) is 5.19. The number of fused-ring (bicyclic) bond motifs is 1. The van der Waals surface area contributed by atoms with Crippen LogP contribution in [0.4, 0.5) is 5.00 Å². The predicted molar refractivity (Wildman–Crippen MR) is 88.5 cm³/mol. The third-order valence-corrected chi connectivity index (χ3v) is 5.14. The van der Waals surface area contributed by atoms with Gasteiger partial charge in [0.25, 0.3) is 11.8 Å². The summed E-state index contributed by atoms with van der Waals surface area (Å²) < 4.78 is 0. The van der Waals surface area contributed by atoms with Crippen LogP contribution in [0.2, 0.25) is 0 Å². The molecule has 5 heteroatoms. The van der Waals surface area contributed by atoms with Crippen molar-refractivity contribution in [1.29, 1.82) is 0 Å². The van der Waals surface area contributed by atoms with Crippen molar-refractivity contribution in [3.05, 3.63) is 51.9 Å². The lowest BCUT2D eigenvalue weighted by molar-refractivity contribution is 0.100. The molecule has 22 heavy (non-hydrogen) atoms. The molecule has 0 atom stereocenters. The van der Waals surface area contributed by atoms with Gasteiger partial charge in [-0.2, -0.15) is 0 Å². The van der Waals surface area contributed by atoms with E-state index in [0.717, 1.165) is 31.2 Å². The number of hydrogen-bond acceptors (Lipinski definition) is 3. The fourth-order valence-corrected chi connectivity index (χ4v) is 4.15. The number of aryl methyl sites for hydroxylation is 1. The molecule has 4 nitrogen and oxygen atoms in total. The number of carbonyl (C=O) groups is 2. The molecule has 3 rings (SSSR count). The fraction of sp³-hybridized carbons (Fsp3) is 0.294. The average Bonchev–Trinajstić information content (AvgIpc) is 2.69. The SMILES string of the molecule is NC(=O)c1c(NC(=O)c2ccccc2)sc2c1CCCCC2. The number of nitrogens with two attached hydrogens (primary N) is 1. The van der Waals surface area contributed by atoms with Crippen LogP contribution >= 0.6 is 11.3 Å². The maximum atomic E-state index is 12.3. The number of carbonyl (C=O) groups excluding carboxylic acids is 2. The zero-order chi connectivity index (χ0) is 15.5. The molecular weight excluding hydrogens is 296 g/mol. The summed E-state index contributed by atoms with van der Waals surface area (Å²) in [7, 11) is 0. The van der Waals surface area contributed by atoms with E-state index in [9.17, 15) is 9.59 Å². The van der Waals surface area contributed by atoms with E-state index in [1.54, 1.807) is 12.1 Å². The quantitative estimate of drug-likeness (QED) is 0.853. The van der Waals surface area contributed by atoms with Crippen LogP contribution in [0.5, 0.6) is 0 Å². The first-order valence-electron chi connectivity index (χ1n) is 7.47. The third kappa shape index (κ3) is 2.90. The van der Waals surface area contributed by atoms with Crippen LogP contribution < -0.4 is 11.1 Å². The highest BCUT2D eigenvalue weighted by molar-refractivity contribution is 7.17. The highest BCUT2D eigenvalue weighted by atomic mass is 32.1. The van der Waals surface area contributed by atoms with Gasteiger partial charge in [0.05, 0.1) is 5.56 Å². The van der Waals surface area contributed by atoms with Crippen LogP contribution in [0, 0.1) is 0 Å². The Kier molecular flexibility index (Phi) is 4.24. The number of anilines is 1. The summed E-state index contributed by atoms with van der Waals surface area (Å²) in [5.74, 6) is -0.665. The number of nitrogens with one attached hydrogen (secondary N) is 1. The van der Waals surface area contributed by atoms with Crippen LogP contribution in [0.15, 0.2) is 30.3 Å². The molecule has 2 amide bonds. The molecule has 0 saturated carbocycles. The lowest BCUT2D eigenvalue weighted by Gasteiger charge is -2.06. The molecule has 1 heterocycles. The Morgan fingerprint density at radius 2 is 1.77 bits per heavy atom. The predicted octanol–water partition coefficient (Wildman–Crippen LogP) is 3.37. The second-order valence-corrected chi connectivity index (χ2v) is 6.56. The van der Waals surface area contributed by atoms with Gasteiger partial charge < -0.3 is 11.1 Å². The van der Waals surface area contributed by atoms with Gasteiger partial charge in [-0.1, -0.05) is 24.6 Å². The molecular formula is C17H18N2O2S. The zero-order valence-electron chi connectivity index (χ0n) is 12.2. The molecule has 1 aromatic carbocycles. The van der Waals surface area contributed by atoms with Crippen molar-refractivity contribution in [2.75, 3.05) is 5.32 Å². The summed E-state index contributed by atoms with van der Waals surface area (Å²) in [6, 6.07) is 8.98. The standard InChI is InChI=1S/C17H18N2O2S/c18-15(20)14-12-9-5-2-6-10-13(12)22-17(14)19-16(21)11-7-3-1-4-8-11/h1,3-4,7-8H,2,5-6,9-10H2,(H2,18,20)(H,19,21). The van der Waals surface area contributed by atoms with Crippen LogP contribution in [0.3, 0.4) is 0 Å². The van der Waals surface area contributed by atoms with Gasteiger partial charge in [0, 0.05) is 10.4 Å². The molecule has 1 aromatic heterocycles. The lowest BCUT2D eigenvalue weighted by Crippen LogP contribution is -2.18. The number of amides is 2. The first-order chi connectivity index (χ1) is 10.7. The van der Waals surface area contributed by atoms with E-state index in [2.05, 4.69) is 5.32 Å². The summed E-state index contributed by atoms with van der Waals surface area (Å²) >= 11 is 1.49. The highest BCUT2D eigenvalue weighted by Crippen LogP contribution is 2.37. The monoisotopic (exact) mass is 314 g/mol. The molecule has 1 aliphatic carbocycles. The number of thiophene rings is 1. The number of primary amides is 1. The minimum absolute atomic E-state index is 0.209. The molecule has 3 N–H and O–H groups in total. The van der Waals surface area contributed by atoms with E-state index in [-0.39, 0.29) is 5.91 Å². The van der Waals surface area contributed by atoms with Crippen LogP contribution in [0.25, 0.3) is 0 Å². The molecule has 2 aromatic rings. The van der Waals surface area contributed by atoms with E-state index < -0.39 is 5.91 Å². The van der Waals surface area contributed by atoms with Gasteiger partial charge in [0.2, 0.25) is 0 Å². The molecule has 0 radical (unpaired) electrons. The second kappa shape index (κ2) is 6.32. The first kappa shape index (κ1) is 14.8. The van der Waals surface area contributed by atoms with E-state index in [1.165, 1.54) is 22.6 Å². The molecule has 0 bridgehead atoms. The lowest BCUT2D eigenvalue weighted by atomic mass is 10.1. The fourth-order valence-electron chi connectivity index (χ4n) is 2.86. The zero-order valence-corrected chi connectivity index (χ0v) is 13.0. The van der Waals surface area contributed by atoms with E-state index in [1.807, 2.05) is 18.2 Å². The molecule has 0 unspecified atom stereocenters. The van der Waals surface area contributed by atoms with Crippen molar-refractivity contribution in [3.8, 4) is 0 Å². The molecule has 0 saturated heterocycles. The van der Waals surface area contributed by atoms with Crippen molar-refractivity contribution in [2.45, 2.75) is 32.1 Å². The molecule has 1 aliphatic rings. The Morgan fingerprint density at radius 3 is 2.50 bits per heavy atom. The van der Waals surface area contributed by atoms with Crippen molar-refractivity contribution in [3.63, 3.8) is 0 Å². The number of rotatable bonds is 3. The summed E-state index contributed by atoms with van der Waals surface area (Å²) in [5, 5.41) is 3.46. The van der Waals surface area contributed by atoms with E-state index in [4.69, 9.17) is 5.73 Å². The number of hydrogen-bond donors (Lipinski definition) is 2. The maximum Gasteiger partial charge on any atom is 0.256 e. The maximum absolute atomic E-state index is 12.3. The Labute approximate surface area is 133 Å². The largest absolute Gasteiger partial charge is 0.365 e. The van der Waals surface area contributed by atoms with E-state index >= 15 is 0 Å². The smallest absolute Gasteiger partial charge is 0.256 e.